The van der Waals surface area contributed by atoms with E-state index in [4.69, 9.17) is 16.3 Å². The maximum atomic E-state index is 16.3. The number of nitrogens with one attached hydrogen (secondary N) is 2. The average Bonchev–Trinajstić information content (AvgIpc) is 3.65. The van der Waals surface area contributed by atoms with E-state index >= 15 is 8.78 Å². The van der Waals surface area contributed by atoms with E-state index in [0.29, 0.717) is 5.56 Å². The molecule has 3 aromatic carbocycles. The highest BCUT2D eigenvalue weighted by molar-refractivity contribution is 6.34. The first kappa shape index (κ1) is 25.2. The van der Waals surface area contributed by atoms with E-state index in [2.05, 4.69) is 10.6 Å². The first-order valence-electron chi connectivity index (χ1n) is 12.7. The van der Waals surface area contributed by atoms with E-state index < -0.39 is 35.4 Å². The van der Waals surface area contributed by atoms with Crippen molar-refractivity contribution in [1.29, 1.82) is 0 Å². The zero-order chi connectivity index (χ0) is 26.8. The summed E-state index contributed by atoms with van der Waals surface area (Å²) in [7, 11) is 1.39. The Morgan fingerprint density at radius 2 is 1.97 bits per heavy atom. The smallest absolute Gasteiger partial charge is 0.251 e. The summed E-state index contributed by atoms with van der Waals surface area (Å²) >= 11 is 6.54. The molecule has 2 aliphatic heterocycles. The molecule has 0 radical (unpaired) electrons. The Kier molecular flexibility index (Phi) is 6.17. The van der Waals surface area contributed by atoms with Crippen LogP contribution in [0.2, 0.25) is 5.02 Å². The van der Waals surface area contributed by atoms with E-state index in [1.54, 1.807) is 0 Å². The summed E-state index contributed by atoms with van der Waals surface area (Å²) in [5, 5.41) is 16.0. The third kappa shape index (κ3) is 3.65. The largest absolute Gasteiger partial charge is 0.480 e. The number of alkyl halides is 1. The maximum Gasteiger partial charge on any atom is 0.251 e. The number of benzene rings is 3. The fourth-order valence-electron chi connectivity index (χ4n) is 6.29. The average molecular weight is 543 g/mol. The maximum absolute atomic E-state index is 16.3. The molecule has 0 saturated carbocycles. The summed E-state index contributed by atoms with van der Waals surface area (Å²) in [5.41, 5.74) is -0.0581. The standard InChI is InChI=1S/C29H26ClF3N2O3/c1-34-28(37)16-10-14-11-19(32)27(36)22(14)26(33)24(16)23-17-13-29(21-8-5-9-35-21,15-6-3-2-4-7-15)38-20(17)12-18(31)25(23)30/h2-4,6-7,10,12,19,21,27,35-36H,5,8-9,11,13H2,1H3,(H,34,37)/t19-,21+,27-,29+/m1/s1. The number of ether oxygens (including phenoxy) is 1. The molecule has 198 valence electrons. The van der Waals surface area contributed by atoms with Crippen LogP contribution in [0.15, 0.2) is 42.5 Å². The molecule has 9 heteroatoms. The Labute approximate surface area is 223 Å². The van der Waals surface area contributed by atoms with E-state index in [9.17, 15) is 14.3 Å². The Balaban J connectivity index is 1.61. The molecule has 0 bridgehead atoms. The fraction of sp³-hybridized carbons (Fsp3) is 0.345. The lowest BCUT2D eigenvalue weighted by atomic mass is 9.80. The number of hydrogen-bond donors (Lipinski definition) is 3. The molecule has 1 saturated heterocycles. The van der Waals surface area contributed by atoms with Crippen molar-refractivity contribution in [2.45, 2.75) is 49.6 Å². The van der Waals surface area contributed by atoms with Crippen LogP contribution in [0.25, 0.3) is 11.1 Å². The minimum absolute atomic E-state index is 0.0223. The Hall–Kier alpha value is -3.07. The van der Waals surface area contributed by atoms with Gasteiger partial charge < -0.3 is 20.5 Å². The number of hydrogen-bond acceptors (Lipinski definition) is 4. The second-order valence-corrected chi connectivity index (χ2v) is 10.5. The van der Waals surface area contributed by atoms with Crippen molar-refractivity contribution >= 4 is 17.5 Å². The number of aliphatic hydroxyl groups excluding tert-OH is 1. The van der Waals surface area contributed by atoms with Crippen LogP contribution in [0, 0.1) is 11.6 Å². The normalized spacial score (nSPS) is 25.7. The second-order valence-electron chi connectivity index (χ2n) is 10.1. The molecule has 3 N–H and O–H groups in total. The number of amides is 1. The van der Waals surface area contributed by atoms with Crippen LogP contribution in [0.3, 0.4) is 0 Å². The van der Waals surface area contributed by atoms with E-state index in [0.717, 1.165) is 24.9 Å². The molecule has 5 nitrogen and oxygen atoms in total. The van der Waals surface area contributed by atoms with Crippen LogP contribution in [0.5, 0.6) is 5.75 Å². The Bertz CT molecular complexity index is 1450. The lowest BCUT2D eigenvalue weighted by Crippen LogP contribution is -2.48. The zero-order valence-electron chi connectivity index (χ0n) is 20.6. The molecule has 3 aromatic rings. The van der Waals surface area contributed by atoms with Crippen molar-refractivity contribution in [3.63, 3.8) is 0 Å². The van der Waals surface area contributed by atoms with E-state index in [1.165, 1.54) is 19.2 Å². The van der Waals surface area contributed by atoms with Crippen molar-refractivity contribution in [1.82, 2.24) is 10.6 Å². The van der Waals surface area contributed by atoms with Gasteiger partial charge in [0.1, 0.15) is 29.7 Å². The first-order chi connectivity index (χ1) is 18.3. The van der Waals surface area contributed by atoms with Crippen LogP contribution in [0.1, 0.15) is 51.6 Å². The van der Waals surface area contributed by atoms with Crippen molar-refractivity contribution in [2.75, 3.05) is 13.6 Å². The number of carbonyl (C=O) groups excluding carboxylic acids is 1. The van der Waals surface area contributed by atoms with Gasteiger partial charge in [0.2, 0.25) is 0 Å². The van der Waals surface area contributed by atoms with Gasteiger partial charge in [-0.2, -0.15) is 0 Å². The van der Waals surface area contributed by atoms with Crippen LogP contribution in [-0.2, 0) is 18.4 Å². The summed E-state index contributed by atoms with van der Waals surface area (Å²) in [5.74, 6) is -2.26. The summed E-state index contributed by atoms with van der Waals surface area (Å²) in [6.45, 7) is 0.795. The SMILES string of the molecule is CNC(=O)c1cc2c(c(F)c1-c1c(Cl)c(F)cc3c1C[C@](c1ccccc1)([C@@H]1CCCN1)O3)[C@H](O)[C@H](F)C2. The third-order valence-electron chi connectivity index (χ3n) is 8.07. The molecule has 1 amide bonds. The third-order valence-corrected chi connectivity index (χ3v) is 8.44. The van der Waals surface area contributed by atoms with Gasteiger partial charge in [-0.25, -0.2) is 13.2 Å². The first-order valence-corrected chi connectivity index (χ1v) is 13.0. The van der Waals surface area contributed by atoms with Gasteiger partial charge in [0, 0.05) is 48.2 Å². The summed E-state index contributed by atoms with van der Waals surface area (Å²) in [6.07, 6.45) is -1.68. The van der Waals surface area contributed by atoms with Crippen molar-refractivity contribution in [3.05, 3.63) is 86.9 Å². The number of aliphatic hydroxyl groups is 1. The van der Waals surface area contributed by atoms with E-state index in [1.807, 2.05) is 30.3 Å². The fourth-order valence-corrected chi connectivity index (χ4v) is 6.55. The molecule has 38 heavy (non-hydrogen) atoms. The zero-order valence-corrected chi connectivity index (χ0v) is 21.3. The molecular formula is C29H26ClF3N2O3. The van der Waals surface area contributed by atoms with Crippen molar-refractivity contribution in [3.8, 4) is 16.9 Å². The van der Waals surface area contributed by atoms with E-state index in [-0.39, 0.29) is 57.5 Å². The molecule has 0 aromatic heterocycles. The van der Waals surface area contributed by atoms with Crippen molar-refractivity contribution < 1.29 is 27.8 Å². The topological polar surface area (TPSA) is 70.6 Å². The highest BCUT2D eigenvalue weighted by Gasteiger charge is 2.50. The Morgan fingerprint density at radius 1 is 1.21 bits per heavy atom. The lowest BCUT2D eigenvalue weighted by Gasteiger charge is -2.35. The second kappa shape index (κ2) is 9.29. The molecule has 0 spiro atoms. The molecular weight excluding hydrogens is 517 g/mol. The molecule has 3 aliphatic rings. The molecule has 4 atom stereocenters. The quantitative estimate of drug-likeness (QED) is 0.426. The minimum atomic E-state index is -1.72. The van der Waals surface area contributed by atoms with Crippen LogP contribution < -0.4 is 15.4 Å². The van der Waals surface area contributed by atoms with Gasteiger partial charge in [0.25, 0.3) is 5.91 Å². The highest BCUT2D eigenvalue weighted by Crippen LogP contribution is 2.53. The molecule has 6 rings (SSSR count). The van der Waals surface area contributed by atoms with Crippen LogP contribution >= 0.6 is 11.6 Å². The number of carbonyl (C=O) groups is 1. The minimum Gasteiger partial charge on any atom is -0.480 e. The van der Waals surface area contributed by atoms with Crippen molar-refractivity contribution in [2.24, 2.45) is 0 Å². The Morgan fingerprint density at radius 3 is 2.66 bits per heavy atom. The summed E-state index contributed by atoms with van der Waals surface area (Å²) < 4.78 is 52.6. The van der Waals surface area contributed by atoms with Crippen LogP contribution in [0.4, 0.5) is 13.2 Å². The molecule has 1 fully saturated rings. The summed E-state index contributed by atoms with van der Waals surface area (Å²) in [4.78, 5) is 13.0. The molecule has 1 aliphatic carbocycles. The van der Waals surface area contributed by atoms with Gasteiger partial charge >= 0.3 is 0 Å². The number of rotatable bonds is 4. The predicted octanol–water partition coefficient (Wildman–Crippen LogP) is 5.15. The molecule has 0 unspecified atom stereocenters. The number of fused-ring (bicyclic) bond motifs is 2. The van der Waals surface area contributed by atoms with Gasteiger partial charge in [-0.05, 0) is 36.6 Å². The van der Waals surface area contributed by atoms with Gasteiger partial charge in [-0.15, -0.1) is 0 Å². The summed E-state index contributed by atoms with van der Waals surface area (Å²) in [6, 6.07) is 12.0. The molecule has 2 heterocycles. The number of halogens is 4. The van der Waals surface area contributed by atoms with Crippen LogP contribution in [-0.4, -0.2) is 36.8 Å². The predicted molar refractivity (Wildman–Crippen MR) is 137 cm³/mol. The van der Waals surface area contributed by atoms with Gasteiger partial charge in [-0.1, -0.05) is 41.9 Å². The highest BCUT2D eigenvalue weighted by atomic mass is 35.5. The van der Waals surface area contributed by atoms with Gasteiger partial charge in [-0.3, -0.25) is 4.79 Å². The monoisotopic (exact) mass is 542 g/mol. The van der Waals surface area contributed by atoms with Gasteiger partial charge in [0.15, 0.2) is 5.60 Å². The lowest BCUT2D eigenvalue weighted by molar-refractivity contribution is 0.0539. The van der Waals surface area contributed by atoms with Gasteiger partial charge in [0.05, 0.1) is 16.6 Å².